The molecule has 56 heavy (non-hydrogen) atoms. The van der Waals surface area contributed by atoms with Gasteiger partial charge in [0.2, 0.25) is 0 Å². The van der Waals surface area contributed by atoms with E-state index in [-0.39, 0.29) is 21.7 Å². The highest BCUT2D eigenvalue weighted by Crippen LogP contribution is 2.29. The van der Waals surface area contributed by atoms with Gasteiger partial charge < -0.3 is 0 Å². The third-order valence-electron chi connectivity index (χ3n) is 8.97. The van der Waals surface area contributed by atoms with Gasteiger partial charge in [-0.1, -0.05) is 168 Å². The van der Waals surface area contributed by atoms with Crippen molar-refractivity contribution in [3.05, 3.63) is 145 Å². The van der Waals surface area contributed by atoms with Gasteiger partial charge in [0.1, 0.15) is 12.2 Å². The van der Waals surface area contributed by atoms with Gasteiger partial charge in [0, 0.05) is 60.2 Å². The molecular weight excluding hydrogens is 689 g/mol. The van der Waals surface area contributed by atoms with Gasteiger partial charge in [-0.05, 0) is 12.1 Å². The van der Waals surface area contributed by atoms with Gasteiger partial charge in [-0.3, -0.25) is 0 Å². The van der Waals surface area contributed by atoms with E-state index in [2.05, 4.69) is 154 Å². The molecule has 0 aliphatic rings. The monoisotopic (exact) mass is 744 g/mol. The summed E-state index contributed by atoms with van der Waals surface area (Å²) in [5, 5.41) is 23.5. The summed E-state index contributed by atoms with van der Waals surface area (Å²) in [4.78, 5) is 17.5. The molecule has 4 aromatic carbocycles. The lowest BCUT2D eigenvalue weighted by molar-refractivity contribution is 0.548. The van der Waals surface area contributed by atoms with Gasteiger partial charge in [-0.15, -0.1) is 0 Å². The first kappa shape index (κ1) is 41.4. The van der Waals surface area contributed by atoms with Crippen LogP contribution in [0, 0.1) is 0 Å². The minimum atomic E-state index is 0.0179. The molecule has 0 atom stereocenters. The Bertz CT molecular complexity index is 2300. The Morgan fingerprint density at radius 2 is 0.786 bits per heavy atom. The average Bonchev–Trinajstić information content (AvgIpc) is 3.16. The summed E-state index contributed by atoms with van der Waals surface area (Å²) in [5.74, 6) is 0.899. The zero-order valence-electron chi connectivity index (χ0n) is 35.1. The second-order valence-corrected chi connectivity index (χ2v) is 18.1. The number of para-hydroxylation sites is 2. The van der Waals surface area contributed by atoms with E-state index in [9.17, 15) is 0 Å². The number of benzene rings is 4. The van der Waals surface area contributed by atoms with Crippen LogP contribution in [0.5, 0.6) is 0 Å². The van der Waals surface area contributed by atoms with Crippen LogP contribution in [0.4, 0.5) is 0 Å². The number of hydrogen-bond donors (Lipinski definition) is 0. The van der Waals surface area contributed by atoms with Crippen LogP contribution in [0.1, 0.15) is 106 Å². The zero-order valence-corrected chi connectivity index (χ0v) is 35.1. The molecule has 0 amide bonds. The SMILES string of the molecule is CC(C)(C)c1ncc2ccccc2n1.CC(C)(C)c1ncnc2ccccc12.CC(C)(C)c1nncc2ccccc12.CC(C)(C)c1nncc2ccccc12. The smallest absolute Gasteiger partial charge is 0.134 e. The molecule has 8 aromatic rings. The van der Waals surface area contributed by atoms with Crippen LogP contribution in [0.15, 0.2) is 122 Å². The molecular formula is C48H56N8. The molecule has 0 spiro atoms. The third kappa shape index (κ3) is 10.5. The van der Waals surface area contributed by atoms with Gasteiger partial charge in [0.15, 0.2) is 0 Å². The number of fused-ring (bicyclic) bond motifs is 4. The number of nitrogens with zero attached hydrogens (tertiary/aromatic N) is 8. The van der Waals surface area contributed by atoms with E-state index in [1.54, 1.807) is 6.33 Å². The maximum atomic E-state index is 4.54. The summed E-state index contributed by atoms with van der Waals surface area (Å²) < 4.78 is 0. The van der Waals surface area contributed by atoms with Gasteiger partial charge >= 0.3 is 0 Å². The Hall–Kier alpha value is -5.76. The van der Waals surface area contributed by atoms with Crippen molar-refractivity contribution in [3.8, 4) is 0 Å². The van der Waals surface area contributed by atoms with E-state index in [1.807, 2.05) is 85.3 Å². The number of rotatable bonds is 0. The molecule has 0 aliphatic carbocycles. The van der Waals surface area contributed by atoms with Crippen LogP contribution >= 0.6 is 0 Å². The van der Waals surface area contributed by atoms with Crippen molar-refractivity contribution in [3.63, 3.8) is 0 Å². The van der Waals surface area contributed by atoms with Crippen molar-refractivity contribution in [2.24, 2.45) is 0 Å². The Kier molecular flexibility index (Phi) is 12.5. The summed E-state index contributed by atoms with van der Waals surface area (Å²) >= 11 is 0. The summed E-state index contributed by atoms with van der Waals surface area (Å²) in [5.41, 5.74) is 5.48. The fraction of sp³-hybridized carbons (Fsp3) is 0.333. The normalized spacial score (nSPS) is 11.9. The fourth-order valence-corrected chi connectivity index (χ4v) is 6.10. The fourth-order valence-electron chi connectivity index (χ4n) is 6.10. The van der Waals surface area contributed by atoms with Crippen LogP contribution in [0.25, 0.3) is 43.4 Å². The topological polar surface area (TPSA) is 103 Å². The molecule has 0 saturated carbocycles. The summed E-state index contributed by atoms with van der Waals surface area (Å²) in [6.07, 6.45) is 7.15. The van der Waals surface area contributed by atoms with Crippen molar-refractivity contribution in [2.75, 3.05) is 0 Å². The molecule has 8 nitrogen and oxygen atoms in total. The zero-order chi connectivity index (χ0) is 40.7. The molecule has 0 radical (unpaired) electrons. The van der Waals surface area contributed by atoms with Gasteiger partial charge in [0.25, 0.3) is 0 Å². The van der Waals surface area contributed by atoms with Crippen LogP contribution < -0.4 is 0 Å². The van der Waals surface area contributed by atoms with Gasteiger partial charge in [-0.2, -0.15) is 20.4 Å². The molecule has 8 heteroatoms. The summed E-state index contributed by atoms with van der Waals surface area (Å²) in [6.45, 7) is 25.8. The largest absolute Gasteiger partial charge is 0.240 e. The van der Waals surface area contributed by atoms with Crippen LogP contribution in [-0.4, -0.2) is 40.3 Å². The first-order valence-corrected chi connectivity index (χ1v) is 19.2. The number of aromatic nitrogens is 8. The van der Waals surface area contributed by atoms with Gasteiger partial charge in [-0.25, -0.2) is 19.9 Å². The Morgan fingerprint density at radius 3 is 1.27 bits per heavy atom. The molecule has 8 rings (SSSR count). The molecule has 4 heterocycles. The Balaban J connectivity index is 0.000000143. The van der Waals surface area contributed by atoms with Crippen molar-refractivity contribution >= 4 is 43.4 Å². The van der Waals surface area contributed by atoms with Crippen LogP contribution in [-0.2, 0) is 21.7 Å². The standard InChI is InChI=1S/4C12H14N2/c1-12(2,3)11-9-6-4-5-7-10(9)13-8-14-11;1-12(2,3)11-13-8-9-6-4-5-7-10(9)14-11;2*1-12(2,3)11-10-7-5-4-6-9(10)8-13-14-11/h4*4-8H,1-3H3. The first-order valence-electron chi connectivity index (χ1n) is 19.2. The van der Waals surface area contributed by atoms with Crippen molar-refractivity contribution in [1.29, 1.82) is 0 Å². The molecule has 4 aromatic heterocycles. The molecule has 0 unspecified atom stereocenters. The quantitative estimate of drug-likeness (QED) is 0.151. The second kappa shape index (κ2) is 16.9. The lowest BCUT2D eigenvalue weighted by Gasteiger charge is -2.18. The van der Waals surface area contributed by atoms with Crippen molar-refractivity contribution < 1.29 is 0 Å². The van der Waals surface area contributed by atoms with Crippen molar-refractivity contribution in [2.45, 2.75) is 105 Å². The van der Waals surface area contributed by atoms with Crippen molar-refractivity contribution in [1.82, 2.24) is 40.3 Å². The highest BCUT2D eigenvalue weighted by Gasteiger charge is 2.21. The highest BCUT2D eigenvalue weighted by molar-refractivity contribution is 5.85. The van der Waals surface area contributed by atoms with E-state index < -0.39 is 0 Å². The predicted octanol–water partition coefficient (Wildman–Crippen LogP) is 11.7. The van der Waals surface area contributed by atoms with Crippen LogP contribution in [0.2, 0.25) is 0 Å². The maximum Gasteiger partial charge on any atom is 0.134 e. The van der Waals surface area contributed by atoms with Crippen LogP contribution in [0.3, 0.4) is 0 Å². The molecule has 0 N–H and O–H groups in total. The summed E-state index contributed by atoms with van der Waals surface area (Å²) in [6, 6.07) is 32.7. The maximum absolute atomic E-state index is 4.54. The Morgan fingerprint density at radius 1 is 0.357 bits per heavy atom. The first-order chi connectivity index (χ1) is 26.3. The Labute approximate surface area is 332 Å². The third-order valence-corrected chi connectivity index (χ3v) is 8.97. The number of hydrogen-bond acceptors (Lipinski definition) is 8. The summed E-state index contributed by atoms with van der Waals surface area (Å²) in [7, 11) is 0. The molecule has 0 aliphatic heterocycles. The minimum absolute atomic E-state index is 0.0179. The lowest BCUT2D eigenvalue weighted by atomic mass is 9.89. The predicted molar refractivity (Wildman–Crippen MR) is 233 cm³/mol. The van der Waals surface area contributed by atoms with Gasteiger partial charge in [0.05, 0.1) is 40.5 Å². The van der Waals surface area contributed by atoms with E-state index in [4.69, 9.17) is 0 Å². The average molecular weight is 745 g/mol. The molecule has 288 valence electrons. The van der Waals surface area contributed by atoms with E-state index in [0.29, 0.717) is 0 Å². The van der Waals surface area contributed by atoms with E-state index in [0.717, 1.165) is 55.5 Å². The lowest BCUT2D eigenvalue weighted by Crippen LogP contribution is -2.15. The van der Waals surface area contributed by atoms with E-state index in [1.165, 1.54) is 10.8 Å². The highest BCUT2D eigenvalue weighted by atomic mass is 15.1. The second-order valence-electron chi connectivity index (χ2n) is 18.1. The van der Waals surface area contributed by atoms with E-state index >= 15 is 0 Å². The minimum Gasteiger partial charge on any atom is -0.240 e. The molecule has 0 bridgehead atoms. The molecule has 0 saturated heterocycles. The molecule has 0 fully saturated rings.